The molecule has 1 saturated heterocycles. The van der Waals surface area contributed by atoms with Gasteiger partial charge in [0.25, 0.3) is 5.91 Å². The van der Waals surface area contributed by atoms with Crippen molar-refractivity contribution in [2.24, 2.45) is 5.92 Å². The summed E-state index contributed by atoms with van der Waals surface area (Å²) in [5, 5.41) is 13.1. The Bertz CT molecular complexity index is 474. The van der Waals surface area contributed by atoms with Crippen LogP contribution in [0.15, 0.2) is 5.38 Å². The van der Waals surface area contributed by atoms with Gasteiger partial charge in [-0.2, -0.15) is 0 Å². The molecule has 1 aliphatic heterocycles. The topological polar surface area (TPSA) is 88.5 Å². The number of carboxylic acids is 1. The van der Waals surface area contributed by atoms with Crippen molar-refractivity contribution in [3.63, 3.8) is 0 Å². The van der Waals surface area contributed by atoms with E-state index in [1.807, 2.05) is 0 Å². The second-order valence-electron chi connectivity index (χ2n) is 4.42. The maximum atomic E-state index is 11.8. The maximum absolute atomic E-state index is 11.8. The number of nitrogens with zero attached hydrogens (tertiary/aromatic N) is 1. The molecule has 1 aromatic heterocycles. The van der Waals surface area contributed by atoms with Crippen molar-refractivity contribution in [1.82, 2.24) is 10.3 Å². The van der Waals surface area contributed by atoms with Gasteiger partial charge in [0, 0.05) is 24.4 Å². The molecule has 6 nitrogen and oxygen atoms in total. The van der Waals surface area contributed by atoms with Gasteiger partial charge in [0.05, 0.1) is 6.10 Å². The number of thiazole rings is 1. The molecule has 2 unspecified atom stereocenters. The van der Waals surface area contributed by atoms with Crippen LogP contribution in [0.1, 0.15) is 40.1 Å². The maximum Gasteiger partial charge on any atom is 0.355 e. The molecule has 2 N–H and O–H groups in total. The molecule has 19 heavy (non-hydrogen) atoms. The molecule has 1 aromatic rings. The number of hydrogen-bond donors (Lipinski definition) is 2. The summed E-state index contributed by atoms with van der Waals surface area (Å²) in [5.74, 6) is -1.11. The van der Waals surface area contributed by atoms with Crippen LogP contribution in [0, 0.1) is 5.92 Å². The highest BCUT2D eigenvalue weighted by Crippen LogP contribution is 2.22. The molecule has 2 atom stereocenters. The van der Waals surface area contributed by atoms with Crippen LogP contribution in [0.4, 0.5) is 0 Å². The molecule has 0 bridgehead atoms. The van der Waals surface area contributed by atoms with Gasteiger partial charge in [0.1, 0.15) is 0 Å². The van der Waals surface area contributed by atoms with Gasteiger partial charge in [-0.25, -0.2) is 9.78 Å². The van der Waals surface area contributed by atoms with E-state index in [1.165, 1.54) is 5.38 Å². The van der Waals surface area contributed by atoms with Gasteiger partial charge in [-0.05, 0) is 12.8 Å². The quantitative estimate of drug-likeness (QED) is 0.853. The van der Waals surface area contributed by atoms with E-state index in [-0.39, 0.29) is 22.7 Å². The average molecular weight is 284 g/mol. The number of carboxylic acid groups (broad SMARTS) is 1. The van der Waals surface area contributed by atoms with Crippen LogP contribution in [0.5, 0.6) is 0 Å². The number of amides is 1. The number of ether oxygens (including phenoxy) is 1. The second-order valence-corrected chi connectivity index (χ2v) is 5.28. The zero-order valence-electron chi connectivity index (χ0n) is 10.6. The standard InChI is InChI=1S/C12H16N2O4S/c1-2-9-7(3-4-18-9)5-13-10(15)11-14-8(6-19-11)12(16)17/h6-7,9H,2-5H2,1H3,(H,13,15)(H,16,17). The van der Waals surface area contributed by atoms with Gasteiger partial charge >= 0.3 is 5.97 Å². The van der Waals surface area contributed by atoms with E-state index in [9.17, 15) is 9.59 Å². The minimum Gasteiger partial charge on any atom is -0.476 e. The molecule has 2 heterocycles. The summed E-state index contributed by atoms with van der Waals surface area (Å²) in [6, 6.07) is 0. The average Bonchev–Trinajstić information content (AvgIpc) is 3.04. The van der Waals surface area contributed by atoms with E-state index in [2.05, 4.69) is 17.2 Å². The minimum absolute atomic E-state index is 0.0919. The fourth-order valence-electron chi connectivity index (χ4n) is 2.15. The van der Waals surface area contributed by atoms with E-state index < -0.39 is 5.97 Å². The van der Waals surface area contributed by atoms with Crippen LogP contribution >= 0.6 is 11.3 Å². The lowest BCUT2D eigenvalue weighted by Crippen LogP contribution is -2.32. The molecule has 0 aromatic carbocycles. The summed E-state index contributed by atoms with van der Waals surface area (Å²) in [5.41, 5.74) is -0.0919. The van der Waals surface area contributed by atoms with Crippen LogP contribution in [-0.2, 0) is 4.74 Å². The summed E-state index contributed by atoms with van der Waals surface area (Å²) in [7, 11) is 0. The Balaban J connectivity index is 1.88. The Labute approximate surface area is 114 Å². The first-order chi connectivity index (χ1) is 9.11. The Morgan fingerprint density at radius 3 is 3.05 bits per heavy atom. The Morgan fingerprint density at radius 2 is 2.42 bits per heavy atom. The summed E-state index contributed by atoms with van der Waals surface area (Å²) < 4.78 is 5.55. The van der Waals surface area contributed by atoms with Crippen LogP contribution in [0.25, 0.3) is 0 Å². The molecule has 1 amide bonds. The largest absolute Gasteiger partial charge is 0.476 e. The van der Waals surface area contributed by atoms with Crippen molar-refractivity contribution >= 4 is 23.2 Å². The third-order valence-electron chi connectivity index (χ3n) is 3.19. The zero-order valence-corrected chi connectivity index (χ0v) is 11.4. The van der Waals surface area contributed by atoms with Gasteiger partial charge in [-0.3, -0.25) is 4.79 Å². The first-order valence-corrected chi connectivity index (χ1v) is 7.08. The lowest BCUT2D eigenvalue weighted by Gasteiger charge is -2.16. The predicted octanol–water partition coefficient (Wildman–Crippen LogP) is 1.39. The highest BCUT2D eigenvalue weighted by Gasteiger charge is 2.27. The first kappa shape index (κ1) is 14.0. The van der Waals surface area contributed by atoms with Crippen molar-refractivity contribution < 1.29 is 19.4 Å². The number of nitrogens with one attached hydrogen (secondary N) is 1. The molecule has 0 aliphatic carbocycles. The van der Waals surface area contributed by atoms with E-state index in [1.54, 1.807) is 0 Å². The number of hydrogen-bond acceptors (Lipinski definition) is 5. The van der Waals surface area contributed by atoms with Crippen LogP contribution in [0.2, 0.25) is 0 Å². The second kappa shape index (κ2) is 6.12. The zero-order chi connectivity index (χ0) is 13.8. The molecular formula is C12H16N2O4S. The fourth-order valence-corrected chi connectivity index (χ4v) is 2.86. The molecule has 0 radical (unpaired) electrons. The molecule has 104 valence electrons. The summed E-state index contributed by atoms with van der Waals surface area (Å²) in [6.07, 6.45) is 2.07. The van der Waals surface area contributed by atoms with Crippen LogP contribution in [-0.4, -0.2) is 41.2 Å². The monoisotopic (exact) mass is 284 g/mol. The van der Waals surface area contributed by atoms with Crippen LogP contribution in [0.3, 0.4) is 0 Å². The van der Waals surface area contributed by atoms with Crippen molar-refractivity contribution in [2.45, 2.75) is 25.9 Å². The number of rotatable bonds is 5. The van der Waals surface area contributed by atoms with Gasteiger partial charge in [-0.1, -0.05) is 6.92 Å². The number of aromatic carboxylic acids is 1. The first-order valence-electron chi connectivity index (χ1n) is 6.20. The molecule has 0 saturated carbocycles. The van der Waals surface area contributed by atoms with Crippen molar-refractivity contribution in [3.05, 3.63) is 16.1 Å². The molecule has 0 spiro atoms. The van der Waals surface area contributed by atoms with Gasteiger partial charge < -0.3 is 15.2 Å². The fraction of sp³-hybridized carbons (Fsp3) is 0.583. The third kappa shape index (κ3) is 3.30. The Kier molecular flexibility index (Phi) is 4.49. The van der Waals surface area contributed by atoms with Gasteiger partial charge in [0.2, 0.25) is 0 Å². The van der Waals surface area contributed by atoms with Crippen molar-refractivity contribution in [3.8, 4) is 0 Å². The number of carbonyl (C=O) groups is 2. The van der Waals surface area contributed by atoms with Crippen molar-refractivity contribution in [1.29, 1.82) is 0 Å². The molecular weight excluding hydrogens is 268 g/mol. The molecule has 7 heteroatoms. The van der Waals surface area contributed by atoms with Gasteiger partial charge in [-0.15, -0.1) is 11.3 Å². The lowest BCUT2D eigenvalue weighted by molar-refractivity contribution is 0.0691. The van der Waals surface area contributed by atoms with Crippen molar-refractivity contribution in [2.75, 3.05) is 13.2 Å². The lowest BCUT2D eigenvalue weighted by atomic mass is 10.00. The minimum atomic E-state index is -1.12. The van der Waals surface area contributed by atoms with E-state index in [0.717, 1.165) is 30.8 Å². The Morgan fingerprint density at radius 1 is 1.63 bits per heavy atom. The van der Waals surface area contributed by atoms with Gasteiger partial charge in [0.15, 0.2) is 10.7 Å². The highest BCUT2D eigenvalue weighted by molar-refractivity contribution is 7.11. The van der Waals surface area contributed by atoms with E-state index in [4.69, 9.17) is 9.84 Å². The summed E-state index contributed by atoms with van der Waals surface area (Å²) in [4.78, 5) is 26.3. The number of aromatic nitrogens is 1. The smallest absolute Gasteiger partial charge is 0.355 e. The molecule has 2 rings (SSSR count). The summed E-state index contributed by atoms with van der Waals surface area (Å²) >= 11 is 1.04. The normalized spacial score (nSPS) is 22.4. The SMILES string of the molecule is CCC1OCCC1CNC(=O)c1nc(C(=O)O)cs1. The molecule has 1 aliphatic rings. The molecule has 1 fully saturated rings. The predicted molar refractivity (Wildman–Crippen MR) is 69.5 cm³/mol. The Hall–Kier alpha value is -1.47. The van der Waals surface area contributed by atoms with E-state index >= 15 is 0 Å². The van der Waals surface area contributed by atoms with E-state index in [0.29, 0.717) is 12.5 Å². The third-order valence-corrected chi connectivity index (χ3v) is 4.03. The van der Waals surface area contributed by atoms with Crippen LogP contribution < -0.4 is 5.32 Å². The number of carbonyl (C=O) groups excluding carboxylic acids is 1. The summed E-state index contributed by atoms with van der Waals surface area (Å²) in [6.45, 7) is 3.34. The highest BCUT2D eigenvalue weighted by atomic mass is 32.1.